The number of thiophene rings is 1. The van der Waals surface area contributed by atoms with Crippen molar-refractivity contribution in [1.82, 2.24) is 15.2 Å². The molecule has 0 saturated carbocycles. The minimum atomic E-state index is -0.745. The van der Waals surface area contributed by atoms with Crippen LogP contribution in [0.5, 0.6) is 5.75 Å². The number of rotatable bonds is 8. The molecule has 3 amide bonds. The van der Waals surface area contributed by atoms with E-state index in [4.69, 9.17) is 14.2 Å². The van der Waals surface area contributed by atoms with Gasteiger partial charge in [0.15, 0.2) is 5.69 Å². The van der Waals surface area contributed by atoms with E-state index in [0.717, 1.165) is 51.1 Å². The van der Waals surface area contributed by atoms with Gasteiger partial charge >= 0.3 is 12.1 Å². The fraction of sp³-hybridized carbons (Fsp3) is 0.311. The molecule has 1 fully saturated rings. The SMILES string of the molecule is COC(=O)c1nc(C(=O)N2CCCC2c2ccccc2)ccc1-c1cc2c(cc1C(=O)Nc1c(C)cc(CNC(=O)OC(C)(C)C)cc1C)-c1sccc1CCO2. The molecule has 11 nitrogen and oxygen atoms in total. The minimum absolute atomic E-state index is 0.0903. The lowest BCUT2D eigenvalue weighted by molar-refractivity contribution is 0.0521. The van der Waals surface area contributed by atoms with Crippen molar-refractivity contribution in [2.75, 3.05) is 25.6 Å². The summed E-state index contributed by atoms with van der Waals surface area (Å²) in [6, 6.07) is 22.5. The monoisotopic (exact) mass is 786 g/mol. The highest BCUT2D eigenvalue weighted by atomic mass is 32.1. The molecule has 0 aliphatic carbocycles. The van der Waals surface area contributed by atoms with Gasteiger partial charge < -0.3 is 29.7 Å². The molecule has 57 heavy (non-hydrogen) atoms. The first-order chi connectivity index (χ1) is 27.3. The maximum absolute atomic E-state index is 14.6. The molecule has 1 atom stereocenters. The number of likely N-dealkylation sites (tertiary alicyclic amines) is 1. The summed E-state index contributed by atoms with van der Waals surface area (Å²) in [6.45, 7) is 10.4. The van der Waals surface area contributed by atoms with Gasteiger partial charge in [0, 0.05) is 52.3 Å². The molecular weight excluding hydrogens is 741 g/mol. The normalized spacial score (nSPS) is 14.8. The molecule has 7 rings (SSSR count). The number of ether oxygens (including phenoxy) is 3. The first kappa shape index (κ1) is 39.2. The zero-order valence-corrected chi connectivity index (χ0v) is 33.8. The molecule has 2 aliphatic rings. The predicted octanol–water partition coefficient (Wildman–Crippen LogP) is 9.07. The molecule has 5 aromatic rings. The second-order valence-corrected chi connectivity index (χ2v) is 16.2. The number of aromatic nitrogens is 1. The Bertz CT molecular complexity index is 2340. The number of carbonyl (C=O) groups is 4. The maximum Gasteiger partial charge on any atom is 0.407 e. The zero-order chi connectivity index (χ0) is 40.4. The average molecular weight is 787 g/mol. The summed E-state index contributed by atoms with van der Waals surface area (Å²) < 4.78 is 16.9. The summed E-state index contributed by atoms with van der Waals surface area (Å²) in [5.41, 5.74) is 6.36. The predicted molar refractivity (Wildman–Crippen MR) is 220 cm³/mol. The highest BCUT2D eigenvalue weighted by molar-refractivity contribution is 7.13. The number of amides is 3. The van der Waals surface area contributed by atoms with Crippen LogP contribution in [-0.2, 0) is 22.4 Å². The number of methoxy groups -OCH3 is 1. The number of hydrogen-bond donors (Lipinski definition) is 2. The maximum atomic E-state index is 14.6. The second kappa shape index (κ2) is 16.2. The molecule has 0 spiro atoms. The van der Waals surface area contributed by atoms with Crippen molar-refractivity contribution in [3.63, 3.8) is 0 Å². The Hall–Kier alpha value is -6.01. The number of anilines is 1. The molecule has 0 radical (unpaired) electrons. The lowest BCUT2D eigenvalue weighted by atomic mass is 9.93. The van der Waals surface area contributed by atoms with Crippen LogP contribution in [-0.4, -0.2) is 59.6 Å². The Kier molecular flexibility index (Phi) is 11.2. The molecule has 2 N–H and O–H groups in total. The fourth-order valence-electron chi connectivity index (χ4n) is 7.58. The number of esters is 1. The summed E-state index contributed by atoms with van der Waals surface area (Å²) >= 11 is 1.57. The van der Waals surface area contributed by atoms with Crippen LogP contribution < -0.4 is 15.4 Å². The molecule has 4 heterocycles. The largest absolute Gasteiger partial charge is 0.493 e. The van der Waals surface area contributed by atoms with Gasteiger partial charge in [0.05, 0.1) is 19.8 Å². The molecule has 0 bridgehead atoms. The van der Waals surface area contributed by atoms with Gasteiger partial charge in [-0.05, 0) is 111 Å². The zero-order valence-electron chi connectivity index (χ0n) is 33.0. The number of alkyl carbamates (subject to hydrolysis) is 1. The van der Waals surface area contributed by atoms with E-state index in [0.29, 0.717) is 42.1 Å². The summed E-state index contributed by atoms with van der Waals surface area (Å²) in [7, 11) is 1.26. The number of benzene rings is 3. The molecular formula is C45H46N4O7S. The number of carbonyl (C=O) groups excluding carboxylic acids is 4. The quantitative estimate of drug-likeness (QED) is 0.149. The molecule has 1 unspecified atom stereocenters. The van der Waals surface area contributed by atoms with Gasteiger partial charge in [-0.1, -0.05) is 42.5 Å². The van der Waals surface area contributed by atoms with Crippen molar-refractivity contribution >= 4 is 40.9 Å². The fourth-order valence-corrected chi connectivity index (χ4v) is 8.55. The Labute approximate surface area is 336 Å². The van der Waals surface area contributed by atoms with Gasteiger partial charge in [-0.25, -0.2) is 14.6 Å². The number of hydrogen-bond acceptors (Lipinski definition) is 9. The van der Waals surface area contributed by atoms with Gasteiger partial charge in [0.25, 0.3) is 11.8 Å². The number of fused-ring (bicyclic) bond motifs is 3. The van der Waals surface area contributed by atoms with Crippen molar-refractivity contribution in [2.24, 2.45) is 0 Å². The Balaban J connectivity index is 1.27. The third-order valence-electron chi connectivity index (χ3n) is 10.1. The summed E-state index contributed by atoms with van der Waals surface area (Å²) in [5.74, 6) is -0.886. The Morgan fingerprint density at radius 2 is 1.70 bits per heavy atom. The van der Waals surface area contributed by atoms with E-state index in [1.807, 2.05) is 61.7 Å². The third kappa shape index (κ3) is 8.41. The van der Waals surface area contributed by atoms with E-state index in [1.165, 1.54) is 7.11 Å². The van der Waals surface area contributed by atoms with Gasteiger partial charge in [-0.2, -0.15) is 0 Å². The van der Waals surface area contributed by atoms with Crippen molar-refractivity contribution in [3.05, 3.63) is 123 Å². The summed E-state index contributed by atoms with van der Waals surface area (Å²) in [6.07, 6.45) is 1.85. The smallest absolute Gasteiger partial charge is 0.407 e. The Morgan fingerprint density at radius 3 is 2.42 bits per heavy atom. The molecule has 1 saturated heterocycles. The van der Waals surface area contributed by atoms with E-state index in [1.54, 1.807) is 61.3 Å². The second-order valence-electron chi connectivity index (χ2n) is 15.3. The van der Waals surface area contributed by atoms with Crippen LogP contribution in [0.15, 0.2) is 78.2 Å². The van der Waals surface area contributed by atoms with Crippen LogP contribution >= 0.6 is 11.3 Å². The van der Waals surface area contributed by atoms with Crippen LogP contribution in [0.1, 0.15) is 98.8 Å². The van der Waals surface area contributed by atoms with Crippen molar-refractivity contribution in [3.8, 4) is 27.3 Å². The van der Waals surface area contributed by atoms with E-state index < -0.39 is 23.6 Å². The molecule has 3 aromatic carbocycles. The van der Waals surface area contributed by atoms with Gasteiger partial charge in [-0.15, -0.1) is 11.3 Å². The van der Waals surface area contributed by atoms with E-state index in [-0.39, 0.29) is 35.4 Å². The lowest BCUT2D eigenvalue weighted by Crippen LogP contribution is -2.32. The highest BCUT2D eigenvalue weighted by Gasteiger charge is 2.33. The summed E-state index contributed by atoms with van der Waals surface area (Å²) in [5, 5.41) is 7.95. The van der Waals surface area contributed by atoms with Crippen LogP contribution in [0.4, 0.5) is 10.5 Å². The number of nitrogens with one attached hydrogen (secondary N) is 2. The van der Waals surface area contributed by atoms with Gasteiger partial charge in [0.2, 0.25) is 0 Å². The third-order valence-corrected chi connectivity index (χ3v) is 11.1. The van der Waals surface area contributed by atoms with Gasteiger partial charge in [0.1, 0.15) is 17.0 Å². The molecule has 2 aliphatic heterocycles. The topological polar surface area (TPSA) is 136 Å². The molecule has 12 heteroatoms. The summed E-state index contributed by atoms with van der Waals surface area (Å²) in [4.78, 5) is 62.0. The van der Waals surface area contributed by atoms with Crippen LogP contribution in [0.3, 0.4) is 0 Å². The van der Waals surface area contributed by atoms with Crippen LogP contribution in [0, 0.1) is 13.8 Å². The standard InChI is InChI=1S/C45H46N4O7S/c1-26-21-28(25-46-44(53)56-45(3,4)5)22-27(2)38(26)48-41(50)33-23-34-37(55-19-16-30-17-20-57-40(30)34)24-32(33)31-14-15-35(47-39(31)43(52)54-6)42(51)49-18-10-13-36(49)29-11-8-7-9-12-29/h7-9,11-12,14-15,17,20-24,36H,10,13,16,18-19,25H2,1-6H3,(H,46,53)(H,48,50). The van der Waals surface area contributed by atoms with Crippen LogP contribution in [0.25, 0.3) is 21.6 Å². The Morgan fingerprint density at radius 1 is 0.947 bits per heavy atom. The van der Waals surface area contributed by atoms with Crippen LogP contribution in [0.2, 0.25) is 0 Å². The number of nitrogens with zero attached hydrogens (tertiary/aromatic N) is 2. The van der Waals surface area contributed by atoms with E-state index >= 15 is 0 Å². The van der Waals surface area contributed by atoms with Crippen molar-refractivity contribution < 1.29 is 33.4 Å². The highest BCUT2D eigenvalue weighted by Crippen LogP contribution is 2.44. The molecule has 2 aromatic heterocycles. The number of pyridine rings is 1. The number of aryl methyl sites for hydroxylation is 2. The molecule has 294 valence electrons. The van der Waals surface area contributed by atoms with E-state index in [2.05, 4.69) is 21.7 Å². The first-order valence-corrected chi connectivity index (χ1v) is 19.9. The van der Waals surface area contributed by atoms with Crippen molar-refractivity contribution in [2.45, 2.75) is 72.1 Å². The minimum Gasteiger partial charge on any atom is -0.493 e. The average Bonchev–Trinajstić information content (AvgIpc) is 3.84. The van der Waals surface area contributed by atoms with Crippen molar-refractivity contribution in [1.29, 1.82) is 0 Å². The van der Waals surface area contributed by atoms with Gasteiger partial charge in [-0.3, -0.25) is 9.59 Å². The lowest BCUT2D eigenvalue weighted by Gasteiger charge is -2.25. The first-order valence-electron chi connectivity index (χ1n) is 19.0. The van der Waals surface area contributed by atoms with E-state index in [9.17, 15) is 19.2 Å².